The summed E-state index contributed by atoms with van der Waals surface area (Å²) in [6, 6.07) is 3.35. The molecule has 1 aromatic rings. The Morgan fingerprint density at radius 1 is 1.40 bits per heavy atom. The van der Waals surface area contributed by atoms with E-state index in [4.69, 9.17) is 15.2 Å². The Morgan fingerprint density at radius 3 is 2.75 bits per heavy atom. The summed E-state index contributed by atoms with van der Waals surface area (Å²) in [6.45, 7) is 3.61. The highest BCUT2D eigenvalue weighted by atomic mass is 32.2. The lowest BCUT2D eigenvalue weighted by Gasteiger charge is -2.31. The number of nitrogens with two attached hydrogens (primary N) is 1. The Labute approximate surface area is 123 Å². The van der Waals surface area contributed by atoms with Crippen LogP contribution in [-0.4, -0.2) is 49.1 Å². The number of amides is 1. The minimum Gasteiger partial charge on any atom is -0.497 e. The highest BCUT2D eigenvalue weighted by molar-refractivity contribution is 7.99. The van der Waals surface area contributed by atoms with Gasteiger partial charge in [0.25, 0.3) is 5.91 Å². The number of rotatable bonds is 3. The van der Waals surface area contributed by atoms with Crippen LogP contribution < -0.4 is 15.2 Å². The molecule has 0 bridgehead atoms. The molecule has 1 aromatic carbocycles. The minimum absolute atomic E-state index is 0.0631. The molecular formula is C14H20N2O3S. The number of carbonyl (C=O) groups excluding carboxylic acids is 1. The van der Waals surface area contributed by atoms with Gasteiger partial charge in [0.1, 0.15) is 11.5 Å². The molecule has 5 nitrogen and oxygen atoms in total. The number of methoxy groups -OCH3 is 2. The lowest BCUT2D eigenvalue weighted by molar-refractivity contribution is 0.0763. The van der Waals surface area contributed by atoms with E-state index < -0.39 is 0 Å². The topological polar surface area (TPSA) is 64.8 Å². The first-order chi connectivity index (χ1) is 9.56. The van der Waals surface area contributed by atoms with E-state index in [0.29, 0.717) is 28.0 Å². The van der Waals surface area contributed by atoms with Crippen molar-refractivity contribution in [2.45, 2.75) is 12.2 Å². The summed E-state index contributed by atoms with van der Waals surface area (Å²) in [7, 11) is 3.08. The van der Waals surface area contributed by atoms with Crippen LogP contribution in [-0.2, 0) is 0 Å². The standard InChI is InChI=1S/C14H20N2O3S/c1-9-8-16(4-5-20-9)14(17)11-6-10(18-2)7-12(19-3)13(11)15/h6-7,9H,4-5,8,15H2,1-3H3. The van der Waals surface area contributed by atoms with Crippen LogP contribution in [0.3, 0.4) is 0 Å². The second kappa shape index (κ2) is 6.26. The summed E-state index contributed by atoms with van der Waals surface area (Å²) in [5.74, 6) is 1.92. The highest BCUT2D eigenvalue weighted by Crippen LogP contribution is 2.32. The van der Waals surface area contributed by atoms with Gasteiger partial charge in [-0.25, -0.2) is 0 Å². The molecule has 0 saturated carbocycles. The van der Waals surface area contributed by atoms with Crippen LogP contribution in [0.5, 0.6) is 11.5 Å². The summed E-state index contributed by atoms with van der Waals surface area (Å²) < 4.78 is 10.4. The molecule has 1 heterocycles. The maximum atomic E-state index is 12.6. The number of thioether (sulfide) groups is 1. The van der Waals surface area contributed by atoms with E-state index in [1.807, 2.05) is 16.7 Å². The second-order valence-corrected chi connectivity index (χ2v) is 6.27. The molecule has 20 heavy (non-hydrogen) atoms. The SMILES string of the molecule is COc1cc(OC)c(N)c(C(=O)N2CCSC(C)C2)c1. The van der Waals surface area contributed by atoms with Crippen molar-refractivity contribution in [2.24, 2.45) is 0 Å². The van der Waals surface area contributed by atoms with Crippen LogP contribution in [0.4, 0.5) is 5.69 Å². The molecule has 110 valence electrons. The van der Waals surface area contributed by atoms with Gasteiger partial charge >= 0.3 is 0 Å². The highest BCUT2D eigenvalue weighted by Gasteiger charge is 2.25. The van der Waals surface area contributed by atoms with Gasteiger partial charge in [0.05, 0.1) is 25.5 Å². The predicted octanol–water partition coefficient (Wildman–Crippen LogP) is 1.86. The number of nitrogen functional groups attached to an aromatic ring is 1. The summed E-state index contributed by atoms with van der Waals surface area (Å²) in [4.78, 5) is 14.5. The Balaban J connectivity index is 2.33. The van der Waals surface area contributed by atoms with Gasteiger partial charge in [-0.3, -0.25) is 4.79 Å². The molecule has 0 aliphatic carbocycles. The van der Waals surface area contributed by atoms with Crippen molar-refractivity contribution >= 4 is 23.4 Å². The van der Waals surface area contributed by atoms with Crippen LogP contribution in [0, 0.1) is 0 Å². The van der Waals surface area contributed by atoms with Gasteiger partial charge in [-0.2, -0.15) is 11.8 Å². The fourth-order valence-electron chi connectivity index (χ4n) is 2.24. The molecule has 1 amide bonds. The van der Waals surface area contributed by atoms with Crippen molar-refractivity contribution in [3.8, 4) is 11.5 Å². The number of carbonyl (C=O) groups is 1. The van der Waals surface area contributed by atoms with Crippen LogP contribution in [0.15, 0.2) is 12.1 Å². The number of ether oxygens (including phenoxy) is 2. The molecule has 1 saturated heterocycles. The fourth-order valence-corrected chi connectivity index (χ4v) is 3.25. The molecule has 0 radical (unpaired) electrons. The van der Waals surface area contributed by atoms with Crippen molar-refractivity contribution in [1.82, 2.24) is 4.90 Å². The van der Waals surface area contributed by atoms with E-state index in [1.165, 1.54) is 7.11 Å². The summed E-state index contributed by atoms with van der Waals surface area (Å²) in [5, 5.41) is 0.446. The van der Waals surface area contributed by atoms with Crippen molar-refractivity contribution < 1.29 is 14.3 Å². The molecule has 0 spiro atoms. The summed E-state index contributed by atoms with van der Waals surface area (Å²) in [5.41, 5.74) is 6.84. The number of benzene rings is 1. The van der Waals surface area contributed by atoms with E-state index in [0.717, 1.165) is 18.8 Å². The zero-order valence-electron chi connectivity index (χ0n) is 12.0. The number of hydrogen-bond donors (Lipinski definition) is 1. The lowest BCUT2D eigenvalue weighted by Crippen LogP contribution is -2.41. The van der Waals surface area contributed by atoms with E-state index in [1.54, 1.807) is 19.2 Å². The third-order valence-corrected chi connectivity index (χ3v) is 4.47. The van der Waals surface area contributed by atoms with Crippen molar-refractivity contribution in [2.75, 3.05) is 38.8 Å². The third kappa shape index (κ3) is 2.95. The van der Waals surface area contributed by atoms with Crippen molar-refractivity contribution in [1.29, 1.82) is 0 Å². The minimum atomic E-state index is -0.0631. The average molecular weight is 296 g/mol. The number of hydrogen-bond acceptors (Lipinski definition) is 5. The molecule has 1 unspecified atom stereocenters. The van der Waals surface area contributed by atoms with E-state index in [9.17, 15) is 4.79 Å². The molecule has 2 N–H and O–H groups in total. The maximum absolute atomic E-state index is 12.6. The monoisotopic (exact) mass is 296 g/mol. The molecule has 1 fully saturated rings. The van der Waals surface area contributed by atoms with Gasteiger partial charge in [0.15, 0.2) is 0 Å². The third-order valence-electron chi connectivity index (χ3n) is 3.33. The van der Waals surface area contributed by atoms with Crippen LogP contribution in [0.1, 0.15) is 17.3 Å². The molecule has 1 aliphatic heterocycles. The average Bonchev–Trinajstić information content (AvgIpc) is 2.47. The Morgan fingerprint density at radius 2 is 2.15 bits per heavy atom. The van der Waals surface area contributed by atoms with Crippen molar-refractivity contribution in [3.63, 3.8) is 0 Å². The van der Waals surface area contributed by atoms with Gasteiger partial charge in [-0.1, -0.05) is 6.92 Å². The molecule has 2 rings (SSSR count). The van der Waals surface area contributed by atoms with E-state index >= 15 is 0 Å². The quantitative estimate of drug-likeness (QED) is 0.863. The molecule has 0 aromatic heterocycles. The maximum Gasteiger partial charge on any atom is 0.256 e. The summed E-state index contributed by atoms with van der Waals surface area (Å²) >= 11 is 1.88. The largest absolute Gasteiger partial charge is 0.497 e. The van der Waals surface area contributed by atoms with Gasteiger partial charge in [0, 0.05) is 30.2 Å². The smallest absolute Gasteiger partial charge is 0.256 e. The molecule has 6 heteroatoms. The predicted molar refractivity (Wildman–Crippen MR) is 81.8 cm³/mol. The Bertz CT molecular complexity index is 507. The van der Waals surface area contributed by atoms with Crippen molar-refractivity contribution in [3.05, 3.63) is 17.7 Å². The van der Waals surface area contributed by atoms with Gasteiger partial charge in [-0.05, 0) is 6.07 Å². The zero-order valence-corrected chi connectivity index (χ0v) is 12.8. The van der Waals surface area contributed by atoms with Crippen LogP contribution in [0.25, 0.3) is 0 Å². The number of nitrogens with zero attached hydrogens (tertiary/aromatic N) is 1. The van der Waals surface area contributed by atoms with Gasteiger partial charge < -0.3 is 20.1 Å². The Kier molecular flexibility index (Phi) is 4.65. The normalized spacial score (nSPS) is 18.8. The second-order valence-electron chi connectivity index (χ2n) is 4.72. The van der Waals surface area contributed by atoms with Crippen LogP contribution in [0.2, 0.25) is 0 Å². The molecule has 1 aliphatic rings. The van der Waals surface area contributed by atoms with E-state index in [2.05, 4.69) is 6.92 Å². The summed E-state index contributed by atoms with van der Waals surface area (Å²) in [6.07, 6.45) is 0. The van der Waals surface area contributed by atoms with E-state index in [-0.39, 0.29) is 5.91 Å². The fraction of sp³-hybridized carbons (Fsp3) is 0.500. The first-order valence-electron chi connectivity index (χ1n) is 6.49. The Hall–Kier alpha value is -1.56. The molecule has 1 atom stereocenters. The first-order valence-corrected chi connectivity index (χ1v) is 7.54. The zero-order chi connectivity index (χ0) is 14.7. The number of anilines is 1. The van der Waals surface area contributed by atoms with Gasteiger partial charge in [-0.15, -0.1) is 0 Å². The molecular weight excluding hydrogens is 276 g/mol. The van der Waals surface area contributed by atoms with Crippen LogP contribution >= 0.6 is 11.8 Å². The first kappa shape index (κ1) is 14.8. The van der Waals surface area contributed by atoms with Gasteiger partial charge in [0.2, 0.25) is 0 Å². The lowest BCUT2D eigenvalue weighted by atomic mass is 10.1.